The molecule has 0 amide bonds. The average molecular weight is 531 g/mol. The van der Waals surface area contributed by atoms with Crippen LogP contribution in [0.2, 0.25) is 17.7 Å². The van der Waals surface area contributed by atoms with Crippen molar-refractivity contribution >= 4 is 35.0 Å². The molecule has 1 atom stereocenters. The first-order valence-corrected chi connectivity index (χ1v) is 13.3. The van der Waals surface area contributed by atoms with E-state index in [9.17, 15) is 10.1 Å². The molecule has 0 spiro atoms. The van der Waals surface area contributed by atoms with Gasteiger partial charge < -0.3 is 9.64 Å². The molecule has 1 fully saturated rings. The zero-order valence-electron chi connectivity index (χ0n) is 21.7. The van der Waals surface area contributed by atoms with Crippen LogP contribution >= 0.6 is 11.6 Å². The minimum atomic E-state index is -0.462. The van der Waals surface area contributed by atoms with Crippen LogP contribution in [0.5, 0.6) is 5.75 Å². The third-order valence-corrected chi connectivity index (χ3v) is 7.90. The quantitative estimate of drug-likeness (QED) is 0.361. The van der Waals surface area contributed by atoms with Crippen molar-refractivity contribution in [2.75, 3.05) is 25.1 Å². The standard InChI is InChI=1S/C29H29BClFN4O2/c1-18(2)19-7-4-5-9-24(19)36-25-16-20(27-23(32)8-6-10-26(27)38-3)22(31)15-21(25)28(34-29(36)37)35-13-11-30(17-33)12-14-35/h4-8,10,15-16,18,24H,9,11-14H2,1-3H3. The minimum absolute atomic E-state index is 0.00522. The highest BCUT2D eigenvalue weighted by Gasteiger charge is 2.29. The van der Waals surface area contributed by atoms with E-state index in [1.165, 1.54) is 13.2 Å². The Morgan fingerprint density at radius 1 is 1.26 bits per heavy atom. The summed E-state index contributed by atoms with van der Waals surface area (Å²) >= 11 is 6.83. The van der Waals surface area contributed by atoms with E-state index in [2.05, 4.69) is 35.8 Å². The Morgan fingerprint density at radius 2 is 2.03 bits per heavy atom. The van der Waals surface area contributed by atoms with Crippen LogP contribution in [0.4, 0.5) is 10.2 Å². The number of fused-ring (bicyclic) bond motifs is 1. The summed E-state index contributed by atoms with van der Waals surface area (Å²) in [5, 5.41) is 10.4. The highest BCUT2D eigenvalue weighted by Crippen LogP contribution is 2.42. The fourth-order valence-electron chi connectivity index (χ4n) is 5.60. The lowest BCUT2D eigenvalue weighted by molar-refractivity contribution is 0.413. The number of halogens is 2. The van der Waals surface area contributed by atoms with E-state index in [1.54, 1.807) is 28.8 Å². The van der Waals surface area contributed by atoms with Gasteiger partial charge in [-0.05, 0) is 54.8 Å². The Labute approximate surface area is 227 Å². The zero-order chi connectivity index (χ0) is 27.0. The number of hydrogen-bond acceptors (Lipinski definition) is 5. The van der Waals surface area contributed by atoms with E-state index in [0.717, 1.165) is 11.0 Å². The summed E-state index contributed by atoms with van der Waals surface area (Å²) in [5.41, 5.74) is 2.09. The smallest absolute Gasteiger partial charge is 0.350 e. The molecule has 1 aliphatic heterocycles. The Balaban J connectivity index is 1.79. The maximum atomic E-state index is 15.2. The number of benzene rings is 2. The van der Waals surface area contributed by atoms with Crippen LogP contribution in [0, 0.1) is 23.0 Å². The highest BCUT2D eigenvalue weighted by atomic mass is 35.5. The maximum Gasteiger partial charge on any atom is 0.350 e. The molecule has 1 aromatic heterocycles. The maximum absolute atomic E-state index is 15.2. The second-order valence-corrected chi connectivity index (χ2v) is 10.6. The molecule has 6 nitrogen and oxygen atoms in total. The fraction of sp³-hybridized carbons (Fsp3) is 0.345. The van der Waals surface area contributed by atoms with E-state index >= 15 is 4.39 Å². The molecule has 3 aromatic rings. The van der Waals surface area contributed by atoms with Gasteiger partial charge in [0.2, 0.25) is 0 Å². The molecule has 0 radical (unpaired) electrons. The number of methoxy groups -OCH3 is 1. The van der Waals surface area contributed by atoms with Crippen LogP contribution in [0.15, 0.2) is 58.9 Å². The molecule has 2 heterocycles. The Morgan fingerprint density at radius 3 is 2.71 bits per heavy atom. The van der Waals surface area contributed by atoms with Gasteiger partial charge in [-0.1, -0.05) is 49.7 Å². The van der Waals surface area contributed by atoms with E-state index in [1.807, 2.05) is 12.2 Å². The molecule has 1 aliphatic carbocycles. The molecule has 194 valence electrons. The SMILES string of the molecule is COc1cccc(F)c1-c1cc2c(cc1Cl)c(N1CCB(C#N)CC1)nc(=O)n2C1CC=CC=C1C(C)C. The van der Waals surface area contributed by atoms with Gasteiger partial charge >= 0.3 is 5.69 Å². The van der Waals surface area contributed by atoms with Crippen LogP contribution in [0.1, 0.15) is 26.3 Å². The number of allylic oxidation sites excluding steroid dienone is 4. The van der Waals surface area contributed by atoms with E-state index in [0.29, 0.717) is 59.8 Å². The van der Waals surface area contributed by atoms with Gasteiger partial charge in [0, 0.05) is 35.0 Å². The second kappa shape index (κ2) is 10.7. The summed E-state index contributed by atoms with van der Waals surface area (Å²) in [6.07, 6.45) is 8.19. The first-order valence-electron chi connectivity index (χ1n) is 12.9. The molecule has 1 saturated heterocycles. The van der Waals surface area contributed by atoms with Gasteiger partial charge in [0.1, 0.15) is 17.4 Å². The first-order chi connectivity index (χ1) is 18.3. The number of hydrogen-bond donors (Lipinski definition) is 0. The number of aromatic nitrogens is 2. The van der Waals surface area contributed by atoms with Gasteiger partial charge in [0.05, 0.1) is 24.2 Å². The molecule has 2 aliphatic rings. The largest absolute Gasteiger partial charge is 0.496 e. The molecule has 0 saturated carbocycles. The monoisotopic (exact) mass is 530 g/mol. The Hall–Kier alpha value is -3.57. The van der Waals surface area contributed by atoms with Crippen molar-refractivity contribution < 1.29 is 9.13 Å². The minimum Gasteiger partial charge on any atom is -0.496 e. The topological polar surface area (TPSA) is 71.2 Å². The van der Waals surface area contributed by atoms with Crippen molar-refractivity contribution in [3.63, 3.8) is 0 Å². The predicted octanol–water partition coefficient (Wildman–Crippen LogP) is 6.33. The van der Waals surface area contributed by atoms with E-state index < -0.39 is 5.82 Å². The summed E-state index contributed by atoms with van der Waals surface area (Å²) in [7, 11) is 1.49. The molecule has 9 heteroatoms. The summed E-state index contributed by atoms with van der Waals surface area (Å²) in [6.45, 7) is 5.45. The second-order valence-electron chi connectivity index (χ2n) is 10.1. The molecular formula is C29H29BClFN4O2. The van der Waals surface area contributed by atoms with Crippen molar-refractivity contribution in [1.29, 1.82) is 5.26 Å². The van der Waals surface area contributed by atoms with Gasteiger partial charge in [0.25, 0.3) is 6.71 Å². The molecule has 0 bridgehead atoms. The normalized spacial score (nSPS) is 17.6. The molecule has 38 heavy (non-hydrogen) atoms. The van der Waals surface area contributed by atoms with Gasteiger partial charge in [-0.25, -0.2) is 14.4 Å². The average Bonchev–Trinajstić information content (AvgIpc) is 2.92. The fourth-order valence-corrected chi connectivity index (χ4v) is 5.86. The number of anilines is 1. The van der Waals surface area contributed by atoms with Gasteiger partial charge in [-0.3, -0.25) is 4.57 Å². The first kappa shape index (κ1) is 26.1. The molecular weight excluding hydrogens is 502 g/mol. The van der Waals surface area contributed by atoms with E-state index in [4.69, 9.17) is 16.3 Å². The number of nitriles is 1. The molecule has 0 N–H and O–H groups in total. The van der Waals surface area contributed by atoms with Crippen molar-refractivity contribution in [1.82, 2.24) is 9.55 Å². The van der Waals surface area contributed by atoms with Crippen LogP contribution in [0.25, 0.3) is 22.0 Å². The zero-order valence-corrected chi connectivity index (χ0v) is 22.5. The lowest BCUT2D eigenvalue weighted by Crippen LogP contribution is -2.39. The highest BCUT2D eigenvalue weighted by molar-refractivity contribution is 6.67. The predicted molar refractivity (Wildman–Crippen MR) is 152 cm³/mol. The van der Waals surface area contributed by atoms with Crippen LogP contribution in [-0.2, 0) is 0 Å². The number of nitrogens with zero attached hydrogens (tertiary/aromatic N) is 4. The van der Waals surface area contributed by atoms with Crippen molar-refractivity contribution in [2.24, 2.45) is 5.92 Å². The van der Waals surface area contributed by atoms with E-state index in [-0.39, 0.29) is 29.9 Å². The van der Waals surface area contributed by atoms with Crippen molar-refractivity contribution in [2.45, 2.75) is 39.0 Å². The Bertz CT molecular complexity index is 1550. The summed E-state index contributed by atoms with van der Waals surface area (Å²) in [4.78, 5) is 20.4. The number of rotatable bonds is 5. The number of ether oxygens (including phenoxy) is 1. The molecule has 1 unspecified atom stereocenters. The summed E-state index contributed by atoms with van der Waals surface area (Å²) < 4.78 is 22.4. The Kier molecular flexibility index (Phi) is 7.31. The molecule has 5 rings (SSSR count). The summed E-state index contributed by atoms with van der Waals surface area (Å²) in [6, 6.07) is 8.00. The van der Waals surface area contributed by atoms with Gasteiger partial charge in [0.15, 0.2) is 0 Å². The van der Waals surface area contributed by atoms with Crippen molar-refractivity contribution in [3.8, 4) is 22.8 Å². The summed E-state index contributed by atoms with van der Waals surface area (Å²) in [5.74, 6) is 3.01. The lowest BCUT2D eigenvalue weighted by Gasteiger charge is -2.32. The third-order valence-electron chi connectivity index (χ3n) is 7.58. The van der Waals surface area contributed by atoms with Crippen molar-refractivity contribution in [3.05, 3.63) is 75.5 Å². The van der Waals surface area contributed by atoms with Crippen LogP contribution < -0.4 is 15.3 Å². The van der Waals surface area contributed by atoms with Crippen LogP contribution in [0.3, 0.4) is 0 Å². The third kappa shape index (κ3) is 4.60. The lowest BCUT2D eigenvalue weighted by atomic mass is 9.45. The van der Waals surface area contributed by atoms with Gasteiger partial charge in [-0.2, -0.15) is 4.98 Å². The van der Waals surface area contributed by atoms with Gasteiger partial charge in [-0.15, -0.1) is 0 Å². The van der Waals surface area contributed by atoms with Crippen LogP contribution in [-0.4, -0.2) is 36.5 Å². The molecule has 2 aromatic carbocycles.